The minimum Gasteiger partial charge on any atom is -0.322 e. The van der Waals surface area contributed by atoms with Crippen molar-refractivity contribution in [2.24, 2.45) is 0 Å². The van der Waals surface area contributed by atoms with Crippen LogP contribution in [0.2, 0.25) is 0 Å². The molecule has 0 unspecified atom stereocenters. The van der Waals surface area contributed by atoms with E-state index in [1.807, 2.05) is 36.4 Å². The summed E-state index contributed by atoms with van der Waals surface area (Å²) in [6, 6.07) is 15.1. The largest absolute Gasteiger partial charge is 0.322 e. The van der Waals surface area contributed by atoms with E-state index >= 15 is 0 Å². The quantitative estimate of drug-likeness (QED) is 0.732. The first-order valence-corrected chi connectivity index (χ1v) is 7.83. The van der Waals surface area contributed by atoms with Gasteiger partial charge in [0.25, 0.3) is 5.91 Å². The molecule has 0 aliphatic carbocycles. The van der Waals surface area contributed by atoms with Crippen molar-refractivity contribution >= 4 is 11.6 Å². The second-order valence-corrected chi connectivity index (χ2v) is 5.28. The van der Waals surface area contributed by atoms with E-state index in [-0.39, 0.29) is 5.91 Å². The van der Waals surface area contributed by atoms with Gasteiger partial charge in [0.15, 0.2) is 0 Å². The first-order valence-electron chi connectivity index (χ1n) is 7.83. The van der Waals surface area contributed by atoms with E-state index in [4.69, 9.17) is 0 Å². The van der Waals surface area contributed by atoms with Gasteiger partial charge in [-0.05, 0) is 36.4 Å². The summed E-state index contributed by atoms with van der Waals surface area (Å²) in [5, 5.41) is 10.3. The molecule has 1 amide bonds. The number of carbonyl (C=O) groups is 1. The Hall–Kier alpha value is -2.99. The van der Waals surface area contributed by atoms with Crippen molar-refractivity contribution in [2.45, 2.75) is 13.5 Å². The summed E-state index contributed by atoms with van der Waals surface area (Å²) in [6.45, 7) is 3.64. The lowest BCUT2D eigenvalue weighted by molar-refractivity contribution is 0.102. The van der Waals surface area contributed by atoms with Crippen molar-refractivity contribution < 1.29 is 4.79 Å². The van der Waals surface area contributed by atoms with Gasteiger partial charge in [0, 0.05) is 17.8 Å². The molecule has 2 N–H and O–H groups in total. The lowest BCUT2D eigenvalue weighted by Gasteiger charge is -2.12. The highest BCUT2D eigenvalue weighted by Gasteiger charge is 2.10. The average Bonchev–Trinajstić information content (AvgIpc) is 3.16. The van der Waals surface area contributed by atoms with Gasteiger partial charge in [-0.2, -0.15) is 5.10 Å². The van der Waals surface area contributed by atoms with E-state index in [2.05, 4.69) is 27.6 Å². The number of amides is 1. The van der Waals surface area contributed by atoms with E-state index in [0.29, 0.717) is 12.1 Å². The molecule has 6 nitrogen and oxygen atoms in total. The second kappa shape index (κ2) is 7.52. The number of anilines is 1. The Morgan fingerprint density at radius 2 is 2.04 bits per heavy atom. The number of nitrogens with zero attached hydrogens (tertiary/aromatic N) is 3. The van der Waals surface area contributed by atoms with Crippen LogP contribution in [0.5, 0.6) is 0 Å². The third-order valence-corrected chi connectivity index (χ3v) is 3.62. The number of aromatic nitrogens is 3. The molecule has 0 bridgehead atoms. The van der Waals surface area contributed by atoms with Crippen molar-refractivity contribution in [2.75, 3.05) is 11.9 Å². The van der Waals surface area contributed by atoms with Crippen LogP contribution in [0.15, 0.2) is 61.2 Å². The molecule has 0 saturated heterocycles. The Bertz CT molecular complexity index is 814. The SMILES string of the molecule is CCNCc1ccccc1NC(=O)c1cccc(-n2cncn2)c1. The molecule has 1 aromatic heterocycles. The van der Waals surface area contributed by atoms with E-state index in [1.165, 1.54) is 6.33 Å². The van der Waals surface area contributed by atoms with Gasteiger partial charge in [0.05, 0.1) is 5.69 Å². The van der Waals surface area contributed by atoms with Gasteiger partial charge in [0.1, 0.15) is 12.7 Å². The number of nitrogens with one attached hydrogen (secondary N) is 2. The molecule has 3 rings (SSSR count). The molecule has 122 valence electrons. The minimum atomic E-state index is -0.152. The van der Waals surface area contributed by atoms with Crippen molar-refractivity contribution in [1.82, 2.24) is 20.1 Å². The molecule has 0 atom stereocenters. The van der Waals surface area contributed by atoms with Gasteiger partial charge >= 0.3 is 0 Å². The van der Waals surface area contributed by atoms with Crippen LogP contribution in [0, 0.1) is 0 Å². The van der Waals surface area contributed by atoms with Gasteiger partial charge in [-0.15, -0.1) is 0 Å². The second-order valence-electron chi connectivity index (χ2n) is 5.28. The number of hydrogen-bond donors (Lipinski definition) is 2. The van der Waals surface area contributed by atoms with Crippen LogP contribution in [-0.2, 0) is 6.54 Å². The zero-order chi connectivity index (χ0) is 16.8. The highest BCUT2D eigenvalue weighted by Crippen LogP contribution is 2.17. The maximum absolute atomic E-state index is 12.6. The number of para-hydroxylation sites is 1. The highest BCUT2D eigenvalue weighted by molar-refractivity contribution is 6.05. The number of benzene rings is 2. The Kier molecular flexibility index (Phi) is 4.98. The summed E-state index contributed by atoms with van der Waals surface area (Å²) < 4.78 is 1.62. The van der Waals surface area contributed by atoms with Crippen molar-refractivity contribution in [1.29, 1.82) is 0 Å². The molecular formula is C18H19N5O. The molecule has 0 fully saturated rings. The van der Waals surface area contributed by atoms with E-state index in [1.54, 1.807) is 23.1 Å². The average molecular weight is 321 g/mol. The topological polar surface area (TPSA) is 71.8 Å². The summed E-state index contributed by atoms with van der Waals surface area (Å²) in [5.74, 6) is -0.152. The van der Waals surface area contributed by atoms with Gasteiger partial charge in [0.2, 0.25) is 0 Å². The standard InChI is InChI=1S/C18H19N5O/c1-2-19-11-15-6-3-4-9-17(15)22-18(24)14-7-5-8-16(10-14)23-13-20-12-21-23/h3-10,12-13,19H,2,11H2,1H3,(H,22,24). The fourth-order valence-corrected chi connectivity index (χ4v) is 2.38. The van der Waals surface area contributed by atoms with Crippen LogP contribution in [0.4, 0.5) is 5.69 Å². The summed E-state index contributed by atoms with van der Waals surface area (Å²) in [5.41, 5.74) is 3.23. The summed E-state index contributed by atoms with van der Waals surface area (Å²) >= 11 is 0. The molecule has 6 heteroatoms. The number of hydrogen-bond acceptors (Lipinski definition) is 4. The molecule has 0 saturated carbocycles. The maximum Gasteiger partial charge on any atom is 0.255 e. The van der Waals surface area contributed by atoms with Crippen LogP contribution in [0.3, 0.4) is 0 Å². The molecule has 3 aromatic rings. The molecular weight excluding hydrogens is 302 g/mol. The normalized spacial score (nSPS) is 10.5. The first-order chi connectivity index (χ1) is 11.8. The predicted molar refractivity (Wildman–Crippen MR) is 93.1 cm³/mol. The zero-order valence-corrected chi connectivity index (χ0v) is 13.4. The number of rotatable bonds is 6. The minimum absolute atomic E-state index is 0.152. The van der Waals surface area contributed by atoms with Crippen LogP contribution in [-0.4, -0.2) is 27.2 Å². The fraction of sp³-hybridized carbons (Fsp3) is 0.167. The van der Waals surface area contributed by atoms with Crippen molar-refractivity contribution in [3.8, 4) is 5.69 Å². The van der Waals surface area contributed by atoms with Gasteiger partial charge in [-0.1, -0.05) is 31.2 Å². The monoisotopic (exact) mass is 321 g/mol. The molecule has 0 radical (unpaired) electrons. The van der Waals surface area contributed by atoms with Gasteiger partial charge in [-0.25, -0.2) is 9.67 Å². The van der Waals surface area contributed by atoms with Crippen LogP contribution in [0.25, 0.3) is 5.69 Å². The van der Waals surface area contributed by atoms with Crippen LogP contribution in [0.1, 0.15) is 22.8 Å². The molecule has 0 aliphatic rings. The molecule has 2 aromatic carbocycles. The van der Waals surface area contributed by atoms with Gasteiger partial charge < -0.3 is 10.6 Å². The molecule has 0 aliphatic heterocycles. The lowest BCUT2D eigenvalue weighted by atomic mass is 10.1. The summed E-state index contributed by atoms with van der Waals surface area (Å²) in [7, 11) is 0. The Balaban J connectivity index is 1.80. The zero-order valence-electron chi connectivity index (χ0n) is 13.4. The number of carbonyl (C=O) groups excluding carboxylic acids is 1. The third kappa shape index (κ3) is 3.67. The van der Waals surface area contributed by atoms with E-state index in [0.717, 1.165) is 23.5 Å². The Labute approximate surface area is 140 Å². The first kappa shape index (κ1) is 15.9. The maximum atomic E-state index is 12.6. The smallest absolute Gasteiger partial charge is 0.255 e. The van der Waals surface area contributed by atoms with Crippen molar-refractivity contribution in [3.05, 3.63) is 72.3 Å². The van der Waals surface area contributed by atoms with Crippen LogP contribution >= 0.6 is 0 Å². The highest BCUT2D eigenvalue weighted by atomic mass is 16.1. The van der Waals surface area contributed by atoms with Crippen molar-refractivity contribution in [3.63, 3.8) is 0 Å². The van der Waals surface area contributed by atoms with Gasteiger partial charge in [-0.3, -0.25) is 4.79 Å². The van der Waals surface area contributed by atoms with E-state index in [9.17, 15) is 4.79 Å². The summed E-state index contributed by atoms with van der Waals surface area (Å²) in [6.07, 6.45) is 3.06. The fourth-order valence-electron chi connectivity index (χ4n) is 2.38. The molecule has 0 spiro atoms. The molecule has 24 heavy (non-hydrogen) atoms. The Morgan fingerprint density at radius 1 is 1.17 bits per heavy atom. The molecule has 1 heterocycles. The van der Waals surface area contributed by atoms with Crippen LogP contribution < -0.4 is 10.6 Å². The third-order valence-electron chi connectivity index (χ3n) is 3.62. The lowest BCUT2D eigenvalue weighted by Crippen LogP contribution is -2.17. The summed E-state index contributed by atoms with van der Waals surface area (Å²) in [4.78, 5) is 16.5. The van der Waals surface area contributed by atoms with E-state index < -0.39 is 0 Å². The Morgan fingerprint density at radius 3 is 2.83 bits per heavy atom. The predicted octanol–water partition coefficient (Wildman–Crippen LogP) is 2.63.